The minimum Gasteiger partial charge on any atom is -0.459 e. The van der Waals surface area contributed by atoms with Gasteiger partial charge in [-0.05, 0) is 6.07 Å². The highest BCUT2D eigenvalue weighted by atomic mass is 19.1. The second kappa shape index (κ2) is 4.42. The molecule has 1 rings (SSSR count). The van der Waals surface area contributed by atoms with E-state index >= 15 is 0 Å². The summed E-state index contributed by atoms with van der Waals surface area (Å²) >= 11 is 0. The molecule has 78 valence electrons. The molecule has 1 aromatic rings. The molecule has 0 amide bonds. The van der Waals surface area contributed by atoms with Gasteiger partial charge in [0.2, 0.25) is 0 Å². The predicted molar refractivity (Wildman–Crippen MR) is 49.7 cm³/mol. The minimum absolute atomic E-state index is 0.0853. The van der Waals surface area contributed by atoms with E-state index in [1.54, 1.807) is 0 Å². The Hall–Kier alpha value is -2.09. The molecule has 1 aromatic carbocycles. The zero-order chi connectivity index (χ0) is 11.4. The average molecular weight is 211 g/mol. The van der Waals surface area contributed by atoms with Gasteiger partial charge in [0.1, 0.15) is 11.6 Å². The fourth-order valence-corrected chi connectivity index (χ4v) is 0.858. The first-order valence-electron chi connectivity index (χ1n) is 3.89. The quantitative estimate of drug-likeness (QED) is 0.396. The van der Waals surface area contributed by atoms with Gasteiger partial charge in [-0.25, -0.2) is 13.6 Å². The molecule has 0 unspecified atom stereocenters. The molecule has 0 saturated heterocycles. The van der Waals surface area contributed by atoms with Crippen LogP contribution in [0.2, 0.25) is 0 Å². The van der Waals surface area contributed by atoms with Crippen LogP contribution in [0.15, 0.2) is 12.1 Å². The number of carbonyl (C=O) groups is 1. The highest BCUT2D eigenvalue weighted by molar-refractivity contribution is 5.89. The molecule has 0 saturated carbocycles. The standard InChI is InChI=1S/C10H7F2NO2/c1-15-9(14)3-2-6-4-7(11)5-8(12)10(6)13/h4-5H,13H2,1H3. The SMILES string of the molecule is COC(=O)C#Cc1cc(F)cc(F)c1N. The molecule has 3 nitrogen and oxygen atoms in total. The number of nitrogen functional groups attached to an aromatic ring is 1. The second-order valence-electron chi connectivity index (χ2n) is 2.59. The summed E-state index contributed by atoms with van der Waals surface area (Å²) < 4.78 is 29.9. The monoisotopic (exact) mass is 211 g/mol. The van der Waals surface area contributed by atoms with Gasteiger partial charge in [-0.3, -0.25) is 0 Å². The average Bonchev–Trinajstić information content (AvgIpc) is 2.20. The number of ether oxygens (including phenoxy) is 1. The molecule has 0 aliphatic carbocycles. The number of anilines is 1. The summed E-state index contributed by atoms with van der Waals surface area (Å²) in [5.74, 6) is 1.71. The van der Waals surface area contributed by atoms with E-state index in [0.29, 0.717) is 6.07 Å². The molecule has 2 N–H and O–H groups in total. The third-order valence-corrected chi connectivity index (χ3v) is 1.58. The van der Waals surface area contributed by atoms with Crippen LogP contribution in [0.3, 0.4) is 0 Å². The van der Waals surface area contributed by atoms with Crippen LogP contribution in [0.1, 0.15) is 5.56 Å². The Balaban J connectivity index is 3.13. The number of methoxy groups -OCH3 is 1. The van der Waals surface area contributed by atoms with Crippen molar-refractivity contribution >= 4 is 11.7 Å². The molecule has 0 radical (unpaired) electrons. The van der Waals surface area contributed by atoms with Gasteiger partial charge in [0.05, 0.1) is 18.4 Å². The van der Waals surface area contributed by atoms with Crippen LogP contribution in [0.4, 0.5) is 14.5 Å². The van der Waals surface area contributed by atoms with Crippen LogP contribution < -0.4 is 5.73 Å². The number of rotatable bonds is 0. The normalized spacial score (nSPS) is 9.00. The molecule has 0 aliphatic heterocycles. The van der Waals surface area contributed by atoms with Crippen molar-refractivity contribution in [2.24, 2.45) is 0 Å². The van der Waals surface area contributed by atoms with E-state index in [9.17, 15) is 13.6 Å². The van der Waals surface area contributed by atoms with Crippen LogP contribution in [-0.4, -0.2) is 13.1 Å². The first kappa shape index (κ1) is 11.0. The molecule has 0 heterocycles. The number of hydrogen-bond donors (Lipinski definition) is 1. The zero-order valence-electron chi connectivity index (χ0n) is 7.80. The fourth-order valence-electron chi connectivity index (χ4n) is 0.858. The van der Waals surface area contributed by atoms with Gasteiger partial charge in [0.15, 0.2) is 0 Å². The Bertz CT molecular complexity index is 460. The first-order valence-corrected chi connectivity index (χ1v) is 3.89. The smallest absolute Gasteiger partial charge is 0.384 e. The largest absolute Gasteiger partial charge is 0.459 e. The van der Waals surface area contributed by atoms with Crippen molar-refractivity contribution in [3.63, 3.8) is 0 Å². The van der Waals surface area contributed by atoms with Crippen LogP contribution in [-0.2, 0) is 9.53 Å². The Labute approximate surface area is 84.8 Å². The maximum absolute atomic E-state index is 12.9. The molecule has 0 aromatic heterocycles. The summed E-state index contributed by atoms with van der Waals surface area (Å²) in [6.45, 7) is 0. The van der Waals surface area contributed by atoms with Crippen LogP contribution in [0.5, 0.6) is 0 Å². The zero-order valence-corrected chi connectivity index (χ0v) is 7.80. The maximum atomic E-state index is 12.9. The van der Waals surface area contributed by atoms with E-state index in [1.165, 1.54) is 0 Å². The topological polar surface area (TPSA) is 52.3 Å². The lowest BCUT2D eigenvalue weighted by Crippen LogP contribution is -1.98. The Morgan fingerprint density at radius 2 is 2.13 bits per heavy atom. The molecule has 0 bridgehead atoms. The molecule has 0 fully saturated rings. The molecule has 15 heavy (non-hydrogen) atoms. The second-order valence-corrected chi connectivity index (χ2v) is 2.59. The van der Waals surface area contributed by atoms with Crippen molar-refractivity contribution in [2.75, 3.05) is 12.8 Å². The van der Waals surface area contributed by atoms with Gasteiger partial charge in [-0.2, -0.15) is 0 Å². The lowest BCUT2D eigenvalue weighted by atomic mass is 10.1. The van der Waals surface area contributed by atoms with E-state index in [4.69, 9.17) is 5.73 Å². The summed E-state index contributed by atoms with van der Waals surface area (Å²) in [6.07, 6.45) is 0. The summed E-state index contributed by atoms with van der Waals surface area (Å²) in [5.41, 5.74) is 4.90. The predicted octanol–water partition coefficient (Wildman–Crippen LogP) is 1.07. The van der Waals surface area contributed by atoms with Gasteiger partial charge in [0, 0.05) is 12.0 Å². The molecule has 5 heteroatoms. The number of esters is 1. The number of halogens is 2. The van der Waals surface area contributed by atoms with Crippen LogP contribution >= 0.6 is 0 Å². The van der Waals surface area contributed by atoms with Crippen molar-refractivity contribution in [1.82, 2.24) is 0 Å². The van der Waals surface area contributed by atoms with Gasteiger partial charge < -0.3 is 10.5 Å². The number of carbonyl (C=O) groups excluding carboxylic acids is 1. The van der Waals surface area contributed by atoms with E-state index in [2.05, 4.69) is 10.7 Å². The number of benzene rings is 1. The van der Waals surface area contributed by atoms with Crippen LogP contribution in [0.25, 0.3) is 0 Å². The summed E-state index contributed by atoms with van der Waals surface area (Å²) in [4.78, 5) is 10.6. The van der Waals surface area contributed by atoms with Crippen molar-refractivity contribution in [2.45, 2.75) is 0 Å². The molecular weight excluding hydrogens is 204 g/mol. The Morgan fingerprint density at radius 1 is 1.47 bits per heavy atom. The number of nitrogens with two attached hydrogens (primary N) is 1. The highest BCUT2D eigenvalue weighted by Crippen LogP contribution is 2.16. The van der Waals surface area contributed by atoms with Gasteiger partial charge >= 0.3 is 5.97 Å². The molecule has 0 atom stereocenters. The van der Waals surface area contributed by atoms with Gasteiger partial charge in [-0.15, -0.1) is 0 Å². The van der Waals surface area contributed by atoms with Gasteiger partial charge in [0.25, 0.3) is 0 Å². The van der Waals surface area contributed by atoms with E-state index in [-0.39, 0.29) is 11.3 Å². The molecule has 0 spiro atoms. The summed E-state index contributed by atoms with van der Waals surface area (Å²) in [5, 5.41) is 0. The third-order valence-electron chi connectivity index (χ3n) is 1.58. The van der Waals surface area contributed by atoms with E-state index < -0.39 is 17.6 Å². The van der Waals surface area contributed by atoms with Gasteiger partial charge in [-0.1, -0.05) is 5.92 Å². The fraction of sp³-hybridized carbons (Fsp3) is 0.100. The maximum Gasteiger partial charge on any atom is 0.384 e. The lowest BCUT2D eigenvalue weighted by Gasteiger charge is -1.99. The van der Waals surface area contributed by atoms with Crippen LogP contribution in [0, 0.1) is 23.5 Å². The van der Waals surface area contributed by atoms with Crippen molar-refractivity contribution in [1.29, 1.82) is 0 Å². The van der Waals surface area contributed by atoms with E-state index in [0.717, 1.165) is 13.2 Å². The molecular formula is C10H7F2NO2. The first-order chi connectivity index (χ1) is 7.04. The number of hydrogen-bond acceptors (Lipinski definition) is 3. The highest BCUT2D eigenvalue weighted by Gasteiger charge is 2.06. The minimum atomic E-state index is -0.913. The van der Waals surface area contributed by atoms with Crippen molar-refractivity contribution in [3.05, 3.63) is 29.3 Å². The lowest BCUT2D eigenvalue weighted by molar-refractivity contribution is -0.133. The van der Waals surface area contributed by atoms with Crippen molar-refractivity contribution < 1.29 is 18.3 Å². The third kappa shape index (κ3) is 2.68. The van der Waals surface area contributed by atoms with E-state index in [1.807, 2.05) is 5.92 Å². The molecule has 0 aliphatic rings. The summed E-state index contributed by atoms with van der Waals surface area (Å²) in [6, 6.07) is 1.58. The van der Waals surface area contributed by atoms with Crippen molar-refractivity contribution in [3.8, 4) is 11.8 Å². The summed E-state index contributed by atoms with van der Waals surface area (Å²) in [7, 11) is 1.15. The Morgan fingerprint density at radius 3 is 2.73 bits per heavy atom. The Kier molecular flexibility index (Phi) is 3.24.